The standard InChI is InChI=1S/C16H17F2NO3/c1-11(2)21-16(20)19-9-7-12(8-10-19)13-5-3-4-6-14(13)22-15(17)18/h3-12,15H,1-2H3. The molecule has 0 radical (unpaired) electrons. The largest absolute Gasteiger partial charge is 0.446 e. The van der Waals surface area contributed by atoms with Crippen LogP contribution < -0.4 is 4.74 Å². The third-order valence-electron chi connectivity index (χ3n) is 2.95. The van der Waals surface area contributed by atoms with Gasteiger partial charge in [0.05, 0.1) is 6.10 Å². The molecule has 1 aliphatic heterocycles. The van der Waals surface area contributed by atoms with Crippen LogP contribution in [0.3, 0.4) is 0 Å². The number of alkyl halides is 2. The second kappa shape index (κ2) is 7.06. The molecule has 118 valence electrons. The molecule has 0 fully saturated rings. The number of benzene rings is 1. The molecule has 1 aromatic rings. The van der Waals surface area contributed by atoms with Gasteiger partial charge in [0.1, 0.15) is 5.75 Å². The molecule has 0 aromatic heterocycles. The first-order valence-electron chi connectivity index (χ1n) is 6.86. The summed E-state index contributed by atoms with van der Waals surface area (Å²) in [6.07, 6.45) is 5.83. The summed E-state index contributed by atoms with van der Waals surface area (Å²) in [6, 6.07) is 6.57. The summed E-state index contributed by atoms with van der Waals surface area (Å²) in [5, 5.41) is 0. The lowest BCUT2D eigenvalue weighted by Crippen LogP contribution is -2.25. The molecule has 2 rings (SSSR count). The van der Waals surface area contributed by atoms with Gasteiger partial charge in [0.2, 0.25) is 0 Å². The number of hydrogen-bond donors (Lipinski definition) is 0. The monoisotopic (exact) mass is 309 g/mol. The molecule has 0 atom stereocenters. The summed E-state index contributed by atoms with van der Waals surface area (Å²) in [6.45, 7) is 0.640. The topological polar surface area (TPSA) is 38.8 Å². The van der Waals surface area contributed by atoms with Gasteiger partial charge in [-0.05, 0) is 19.9 Å². The molecule has 1 heterocycles. The number of amides is 1. The number of carbonyl (C=O) groups is 1. The number of ether oxygens (including phenoxy) is 2. The Hall–Kier alpha value is -2.37. The van der Waals surface area contributed by atoms with Crippen molar-refractivity contribution in [3.05, 3.63) is 54.4 Å². The number of carbonyl (C=O) groups excluding carboxylic acids is 1. The highest BCUT2D eigenvalue weighted by Crippen LogP contribution is 2.31. The van der Waals surface area contributed by atoms with E-state index in [0.717, 1.165) is 0 Å². The Kier molecular flexibility index (Phi) is 5.14. The van der Waals surface area contributed by atoms with Gasteiger partial charge in [0.25, 0.3) is 0 Å². The van der Waals surface area contributed by atoms with Crippen molar-refractivity contribution in [3.63, 3.8) is 0 Å². The SMILES string of the molecule is CC(C)OC(=O)N1C=CC(c2ccccc2OC(F)F)C=C1. The molecular weight excluding hydrogens is 292 g/mol. The Labute approximate surface area is 127 Å². The van der Waals surface area contributed by atoms with E-state index in [4.69, 9.17) is 4.74 Å². The molecule has 22 heavy (non-hydrogen) atoms. The zero-order valence-corrected chi connectivity index (χ0v) is 12.3. The number of hydrogen-bond acceptors (Lipinski definition) is 3. The molecule has 4 nitrogen and oxygen atoms in total. The molecule has 0 saturated heterocycles. The first-order chi connectivity index (χ1) is 10.5. The zero-order valence-electron chi connectivity index (χ0n) is 12.3. The second-order valence-corrected chi connectivity index (χ2v) is 4.96. The summed E-state index contributed by atoms with van der Waals surface area (Å²) < 4.78 is 34.4. The summed E-state index contributed by atoms with van der Waals surface area (Å²) in [7, 11) is 0. The van der Waals surface area contributed by atoms with Gasteiger partial charge < -0.3 is 9.47 Å². The Balaban J connectivity index is 2.11. The fraction of sp³-hybridized carbons (Fsp3) is 0.312. The van der Waals surface area contributed by atoms with E-state index in [1.54, 1.807) is 56.6 Å². The van der Waals surface area contributed by atoms with Gasteiger partial charge in [0.15, 0.2) is 0 Å². The molecular formula is C16H17F2NO3. The minimum Gasteiger partial charge on any atom is -0.446 e. The summed E-state index contributed by atoms with van der Waals surface area (Å²) >= 11 is 0. The highest BCUT2D eigenvalue weighted by molar-refractivity contribution is 5.71. The van der Waals surface area contributed by atoms with Gasteiger partial charge in [-0.3, -0.25) is 4.90 Å². The lowest BCUT2D eigenvalue weighted by Gasteiger charge is -2.22. The van der Waals surface area contributed by atoms with Crippen LogP contribution in [0.5, 0.6) is 5.75 Å². The minimum atomic E-state index is -2.88. The van der Waals surface area contributed by atoms with Crippen molar-refractivity contribution >= 4 is 6.09 Å². The second-order valence-electron chi connectivity index (χ2n) is 4.96. The van der Waals surface area contributed by atoms with Crippen molar-refractivity contribution in [2.45, 2.75) is 32.5 Å². The van der Waals surface area contributed by atoms with Crippen molar-refractivity contribution in [2.75, 3.05) is 0 Å². The molecule has 1 aromatic carbocycles. The van der Waals surface area contributed by atoms with E-state index >= 15 is 0 Å². The Morgan fingerprint density at radius 2 is 1.82 bits per heavy atom. The molecule has 0 unspecified atom stereocenters. The highest BCUT2D eigenvalue weighted by atomic mass is 19.3. The van der Waals surface area contributed by atoms with E-state index in [1.165, 1.54) is 11.0 Å². The minimum absolute atomic E-state index is 0.120. The number of rotatable bonds is 4. The quantitative estimate of drug-likeness (QED) is 0.834. The van der Waals surface area contributed by atoms with Gasteiger partial charge >= 0.3 is 12.7 Å². The van der Waals surface area contributed by atoms with E-state index < -0.39 is 12.7 Å². The molecule has 1 aliphatic rings. The van der Waals surface area contributed by atoms with Crippen molar-refractivity contribution < 1.29 is 23.0 Å². The van der Waals surface area contributed by atoms with Crippen LogP contribution in [0.2, 0.25) is 0 Å². The molecule has 1 amide bonds. The van der Waals surface area contributed by atoms with Gasteiger partial charge in [-0.25, -0.2) is 4.79 Å². The molecule has 0 spiro atoms. The first-order valence-corrected chi connectivity index (χ1v) is 6.86. The average Bonchev–Trinajstić information content (AvgIpc) is 2.47. The molecule has 0 bridgehead atoms. The van der Waals surface area contributed by atoms with E-state index in [-0.39, 0.29) is 17.8 Å². The van der Waals surface area contributed by atoms with Crippen LogP contribution in [0.4, 0.5) is 13.6 Å². The van der Waals surface area contributed by atoms with Crippen LogP contribution in [0, 0.1) is 0 Å². The fourth-order valence-electron chi connectivity index (χ4n) is 2.04. The Morgan fingerprint density at radius 3 is 2.41 bits per heavy atom. The van der Waals surface area contributed by atoms with E-state index in [1.807, 2.05) is 0 Å². The van der Waals surface area contributed by atoms with E-state index in [9.17, 15) is 13.6 Å². The van der Waals surface area contributed by atoms with Crippen LogP contribution in [0.15, 0.2) is 48.8 Å². The predicted octanol–water partition coefficient (Wildman–Crippen LogP) is 4.26. The smallest absolute Gasteiger partial charge is 0.418 e. The van der Waals surface area contributed by atoms with E-state index in [0.29, 0.717) is 5.56 Å². The van der Waals surface area contributed by atoms with Crippen molar-refractivity contribution in [1.82, 2.24) is 4.90 Å². The number of allylic oxidation sites excluding steroid dienone is 2. The maximum Gasteiger partial charge on any atom is 0.418 e. The van der Waals surface area contributed by atoms with Gasteiger partial charge in [-0.15, -0.1) is 0 Å². The van der Waals surface area contributed by atoms with Crippen LogP contribution >= 0.6 is 0 Å². The van der Waals surface area contributed by atoms with Gasteiger partial charge in [0, 0.05) is 23.9 Å². The zero-order chi connectivity index (χ0) is 16.1. The van der Waals surface area contributed by atoms with Crippen molar-refractivity contribution in [2.24, 2.45) is 0 Å². The maximum atomic E-state index is 12.4. The lowest BCUT2D eigenvalue weighted by molar-refractivity contribution is -0.0504. The fourth-order valence-corrected chi connectivity index (χ4v) is 2.04. The van der Waals surface area contributed by atoms with Gasteiger partial charge in [-0.1, -0.05) is 30.4 Å². The third kappa shape index (κ3) is 4.07. The molecule has 0 saturated carbocycles. The number of halogens is 2. The third-order valence-corrected chi connectivity index (χ3v) is 2.95. The lowest BCUT2D eigenvalue weighted by atomic mass is 9.97. The van der Waals surface area contributed by atoms with Crippen molar-refractivity contribution in [3.8, 4) is 5.75 Å². The normalized spacial score (nSPS) is 14.7. The first kappa shape index (κ1) is 16.0. The summed E-state index contributed by atoms with van der Waals surface area (Å²) in [4.78, 5) is 13.0. The van der Waals surface area contributed by atoms with Crippen LogP contribution in [0.25, 0.3) is 0 Å². The summed E-state index contributed by atoms with van der Waals surface area (Å²) in [5.74, 6) is -0.131. The van der Waals surface area contributed by atoms with Gasteiger partial charge in [-0.2, -0.15) is 8.78 Å². The van der Waals surface area contributed by atoms with Crippen LogP contribution in [-0.4, -0.2) is 23.7 Å². The van der Waals surface area contributed by atoms with Crippen LogP contribution in [0.1, 0.15) is 25.3 Å². The van der Waals surface area contributed by atoms with E-state index in [2.05, 4.69) is 4.74 Å². The average molecular weight is 309 g/mol. The number of nitrogens with zero attached hydrogens (tertiary/aromatic N) is 1. The van der Waals surface area contributed by atoms with Crippen molar-refractivity contribution in [1.29, 1.82) is 0 Å². The molecule has 0 aliphatic carbocycles. The predicted molar refractivity (Wildman–Crippen MR) is 77.6 cm³/mol. The number of para-hydroxylation sites is 1. The highest BCUT2D eigenvalue weighted by Gasteiger charge is 2.19. The maximum absolute atomic E-state index is 12.4. The van der Waals surface area contributed by atoms with Crippen LogP contribution in [-0.2, 0) is 4.74 Å². The Morgan fingerprint density at radius 1 is 1.18 bits per heavy atom. The summed E-state index contributed by atoms with van der Waals surface area (Å²) in [5.41, 5.74) is 0.604. The molecule has 0 N–H and O–H groups in total. The molecule has 6 heteroatoms. The Bertz CT molecular complexity index is 571.